The van der Waals surface area contributed by atoms with E-state index in [9.17, 15) is 0 Å². The van der Waals surface area contributed by atoms with Crippen molar-refractivity contribution < 1.29 is 4.74 Å². The highest BCUT2D eigenvalue weighted by molar-refractivity contribution is 4.85. The van der Waals surface area contributed by atoms with Crippen molar-refractivity contribution in [2.24, 2.45) is 0 Å². The summed E-state index contributed by atoms with van der Waals surface area (Å²) in [7, 11) is 0. The van der Waals surface area contributed by atoms with Crippen LogP contribution in [0.3, 0.4) is 0 Å². The lowest BCUT2D eigenvalue weighted by molar-refractivity contribution is -0.0480. The fraction of sp³-hybridized carbons (Fsp3) is 1.00. The van der Waals surface area contributed by atoms with E-state index in [0.717, 1.165) is 13.1 Å². The lowest BCUT2D eigenvalue weighted by Crippen LogP contribution is -2.45. The molecule has 2 nitrogen and oxygen atoms in total. The summed E-state index contributed by atoms with van der Waals surface area (Å²) in [5.74, 6) is 0. The van der Waals surface area contributed by atoms with Gasteiger partial charge >= 0.3 is 0 Å². The Balaban J connectivity index is 1.97. The van der Waals surface area contributed by atoms with Crippen molar-refractivity contribution in [2.75, 3.05) is 13.1 Å². The minimum absolute atomic E-state index is 0.552. The van der Waals surface area contributed by atoms with Gasteiger partial charge in [0.25, 0.3) is 0 Å². The molecule has 0 unspecified atom stereocenters. The maximum Gasteiger partial charge on any atom is 0.0707 e. The number of morpholine rings is 1. The zero-order chi connectivity index (χ0) is 7.84. The van der Waals surface area contributed by atoms with Gasteiger partial charge in [0.15, 0.2) is 0 Å². The Morgan fingerprint density at radius 1 is 1.18 bits per heavy atom. The highest BCUT2D eigenvalue weighted by Crippen LogP contribution is 2.26. The van der Waals surface area contributed by atoms with E-state index in [1.54, 1.807) is 0 Å². The van der Waals surface area contributed by atoms with E-state index >= 15 is 0 Å². The van der Waals surface area contributed by atoms with E-state index < -0.39 is 0 Å². The molecular weight excluding hydrogens is 138 g/mol. The molecule has 2 heterocycles. The molecule has 2 fully saturated rings. The van der Waals surface area contributed by atoms with Gasteiger partial charge in [-0.3, -0.25) is 4.90 Å². The van der Waals surface area contributed by atoms with Gasteiger partial charge in [-0.05, 0) is 26.7 Å². The van der Waals surface area contributed by atoms with E-state index in [1.807, 2.05) is 0 Å². The van der Waals surface area contributed by atoms with Crippen molar-refractivity contribution in [3.8, 4) is 0 Å². The predicted octanol–water partition coefficient (Wildman–Crippen LogP) is 1.26. The largest absolute Gasteiger partial charge is 0.372 e. The van der Waals surface area contributed by atoms with E-state index in [0.29, 0.717) is 18.2 Å². The summed E-state index contributed by atoms with van der Waals surface area (Å²) in [5, 5.41) is 0. The van der Waals surface area contributed by atoms with Crippen LogP contribution in [-0.4, -0.2) is 36.2 Å². The summed E-state index contributed by atoms with van der Waals surface area (Å²) < 4.78 is 5.74. The zero-order valence-electron chi connectivity index (χ0n) is 7.42. The van der Waals surface area contributed by atoms with Gasteiger partial charge in [-0.2, -0.15) is 0 Å². The van der Waals surface area contributed by atoms with Gasteiger partial charge in [-0.15, -0.1) is 0 Å². The molecule has 2 bridgehead atoms. The molecule has 0 aromatic carbocycles. The molecule has 0 spiro atoms. The SMILES string of the molecule is CC(C)N1C[C@H]2CC[C@H](C1)O2. The molecule has 0 aromatic heterocycles. The molecule has 64 valence electrons. The Labute approximate surface area is 68.5 Å². The lowest BCUT2D eigenvalue weighted by Gasteiger charge is -2.34. The molecule has 2 atom stereocenters. The van der Waals surface area contributed by atoms with E-state index in [-0.39, 0.29) is 0 Å². The minimum atomic E-state index is 0.552. The molecule has 0 amide bonds. The first-order valence-electron chi connectivity index (χ1n) is 4.65. The quantitative estimate of drug-likeness (QED) is 0.565. The standard InChI is InChI=1S/C9H17NO/c1-7(2)10-5-8-3-4-9(6-10)11-8/h7-9H,3-6H2,1-2H3/t8-,9-/m1/s1. The maximum absolute atomic E-state index is 5.74. The third-order valence-corrected chi connectivity index (χ3v) is 2.80. The van der Waals surface area contributed by atoms with Crippen LogP contribution in [0.25, 0.3) is 0 Å². The molecule has 0 radical (unpaired) electrons. The maximum atomic E-state index is 5.74. The van der Waals surface area contributed by atoms with Crippen molar-refractivity contribution in [3.63, 3.8) is 0 Å². The first kappa shape index (κ1) is 7.56. The molecule has 0 N–H and O–H groups in total. The predicted molar refractivity (Wildman–Crippen MR) is 44.6 cm³/mol. The first-order valence-corrected chi connectivity index (χ1v) is 4.65. The average Bonchev–Trinajstić information content (AvgIpc) is 2.30. The summed E-state index contributed by atoms with van der Waals surface area (Å²) in [6.07, 6.45) is 3.68. The van der Waals surface area contributed by atoms with Crippen molar-refractivity contribution in [3.05, 3.63) is 0 Å². The fourth-order valence-electron chi connectivity index (χ4n) is 2.07. The second-order valence-electron chi connectivity index (χ2n) is 4.01. The van der Waals surface area contributed by atoms with Crippen LogP contribution in [0.2, 0.25) is 0 Å². The molecule has 2 saturated heterocycles. The summed E-state index contributed by atoms with van der Waals surface area (Å²) >= 11 is 0. The Morgan fingerprint density at radius 3 is 2.18 bits per heavy atom. The Bertz CT molecular complexity index is 134. The van der Waals surface area contributed by atoms with Gasteiger partial charge < -0.3 is 4.74 Å². The summed E-state index contributed by atoms with van der Waals surface area (Å²) in [6.45, 7) is 6.86. The second-order valence-corrected chi connectivity index (χ2v) is 4.01. The molecule has 2 aliphatic rings. The van der Waals surface area contributed by atoms with Crippen molar-refractivity contribution in [1.29, 1.82) is 0 Å². The van der Waals surface area contributed by atoms with E-state index in [1.165, 1.54) is 12.8 Å². The van der Waals surface area contributed by atoms with Gasteiger partial charge in [0, 0.05) is 19.1 Å². The number of likely N-dealkylation sites (tertiary alicyclic amines) is 1. The normalized spacial score (nSPS) is 38.5. The Hall–Kier alpha value is -0.0800. The smallest absolute Gasteiger partial charge is 0.0707 e. The fourth-order valence-corrected chi connectivity index (χ4v) is 2.07. The van der Waals surface area contributed by atoms with Crippen LogP contribution < -0.4 is 0 Å². The molecule has 11 heavy (non-hydrogen) atoms. The molecule has 2 heteroatoms. The van der Waals surface area contributed by atoms with Crippen molar-refractivity contribution in [2.45, 2.75) is 44.9 Å². The Kier molecular flexibility index (Phi) is 1.90. The van der Waals surface area contributed by atoms with Gasteiger partial charge in [-0.1, -0.05) is 0 Å². The van der Waals surface area contributed by atoms with E-state index in [4.69, 9.17) is 4.74 Å². The molecule has 2 aliphatic heterocycles. The third kappa shape index (κ3) is 1.42. The van der Waals surface area contributed by atoms with Crippen molar-refractivity contribution in [1.82, 2.24) is 4.90 Å². The molecular formula is C9H17NO. The second kappa shape index (κ2) is 2.76. The summed E-state index contributed by atoms with van der Waals surface area (Å²) in [6, 6.07) is 0.696. The topological polar surface area (TPSA) is 12.5 Å². The van der Waals surface area contributed by atoms with Crippen LogP contribution in [0.5, 0.6) is 0 Å². The molecule has 0 saturated carbocycles. The van der Waals surface area contributed by atoms with Crippen LogP contribution in [0.1, 0.15) is 26.7 Å². The van der Waals surface area contributed by atoms with Crippen LogP contribution in [0.15, 0.2) is 0 Å². The highest BCUT2D eigenvalue weighted by atomic mass is 16.5. The molecule has 0 aliphatic carbocycles. The number of hydrogen-bond donors (Lipinski definition) is 0. The highest BCUT2D eigenvalue weighted by Gasteiger charge is 2.34. The number of rotatable bonds is 1. The monoisotopic (exact) mass is 155 g/mol. The van der Waals surface area contributed by atoms with Gasteiger partial charge in [0.2, 0.25) is 0 Å². The molecule has 2 rings (SSSR count). The third-order valence-electron chi connectivity index (χ3n) is 2.80. The van der Waals surface area contributed by atoms with Crippen LogP contribution in [-0.2, 0) is 4.74 Å². The van der Waals surface area contributed by atoms with Crippen molar-refractivity contribution >= 4 is 0 Å². The molecule has 0 aromatic rings. The summed E-state index contributed by atoms with van der Waals surface area (Å²) in [5.41, 5.74) is 0. The van der Waals surface area contributed by atoms with Gasteiger partial charge in [-0.25, -0.2) is 0 Å². The minimum Gasteiger partial charge on any atom is -0.372 e. The van der Waals surface area contributed by atoms with Gasteiger partial charge in [0.1, 0.15) is 0 Å². The van der Waals surface area contributed by atoms with Gasteiger partial charge in [0.05, 0.1) is 12.2 Å². The number of hydrogen-bond acceptors (Lipinski definition) is 2. The zero-order valence-corrected chi connectivity index (χ0v) is 7.42. The number of ether oxygens (including phenoxy) is 1. The number of fused-ring (bicyclic) bond motifs is 2. The summed E-state index contributed by atoms with van der Waals surface area (Å²) in [4.78, 5) is 2.53. The van der Waals surface area contributed by atoms with Crippen LogP contribution in [0, 0.1) is 0 Å². The average molecular weight is 155 g/mol. The first-order chi connectivity index (χ1) is 5.25. The number of nitrogens with zero attached hydrogens (tertiary/aromatic N) is 1. The van der Waals surface area contributed by atoms with Crippen LogP contribution >= 0.6 is 0 Å². The van der Waals surface area contributed by atoms with Crippen LogP contribution in [0.4, 0.5) is 0 Å². The Morgan fingerprint density at radius 2 is 1.73 bits per heavy atom. The lowest BCUT2D eigenvalue weighted by atomic mass is 10.2. The van der Waals surface area contributed by atoms with E-state index in [2.05, 4.69) is 18.7 Å².